The van der Waals surface area contributed by atoms with Gasteiger partial charge in [-0.05, 0) is 27.2 Å². The molecular weight excluding hydrogens is 264 g/mol. The van der Waals surface area contributed by atoms with Gasteiger partial charge in [0.1, 0.15) is 5.60 Å². The van der Waals surface area contributed by atoms with Crippen LogP contribution in [0.15, 0.2) is 0 Å². The predicted octanol–water partition coefficient (Wildman–Crippen LogP) is 0.443. The average Bonchev–Trinajstić information content (AvgIpc) is 2.98. The van der Waals surface area contributed by atoms with Crippen LogP contribution in [0.25, 0.3) is 0 Å². The van der Waals surface area contributed by atoms with Crippen LogP contribution in [0, 0.1) is 11.8 Å². The molecule has 0 aromatic carbocycles. The topological polar surface area (TPSA) is 95.9 Å². The molecular formula is C13H20N2O5. The number of amides is 2. The van der Waals surface area contributed by atoms with Gasteiger partial charge < -0.3 is 20.1 Å². The van der Waals surface area contributed by atoms with E-state index in [9.17, 15) is 14.4 Å². The van der Waals surface area contributed by atoms with Crippen LogP contribution in [0.3, 0.4) is 0 Å². The minimum absolute atomic E-state index is 0.106. The second kappa shape index (κ2) is 4.96. The largest absolute Gasteiger partial charge is 0.481 e. The van der Waals surface area contributed by atoms with Gasteiger partial charge in [0.2, 0.25) is 5.91 Å². The molecule has 2 rings (SSSR count). The number of nitrogens with one attached hydrogen (secondary N) is 1. The van der Waals surface area contributed by atoms with E-state index in [0.29, 0.717) is 19.5 Å². The zero-order chi connectivity index (χ0) is 15.1. The van der Waals surface area contributed by atoms with Gasteiger partial charge in [0.25, 0.3) is 0 Å². The quantitative estimate of drug-likeness (QED) is 0.784. The van der Waals surface area contributed by atoms with Crippen molar-refractivity contribution in [1.29, 1.82) is 0 Å². The molecule has 2 atom stereocenters. The highest BCUT2D eigenvalue weighted by Gasteiger charge is 2.49. The maximum absolute atomic E-state index is 11.7. The monoisotopic (exact) mass is 284 g/mol. The number of hydrogen-bond acceptors (Lipinski definition) is 4. The summed E-state index contributed by atoms with van der Waals surface area (Å²) in [6.45, 7) is 6.20. The molecule has 1 saturated carbocycles. The molecule has 0 aromatic rings. The lowest BCUT2D eigenvalue weighted by Crippen LogP contribution is -2.61. The van der Waals surface area contributed by atoms with Gasteiger partial charge in [-0.25, -0.2) is 4.79 Å². The van der Waals surface area contributed by atoms with Crippen LogP contribution in [0.2, 0.25) is 0 Å². The second-order valence-electron chi connectivity index (χ2n) is 6.38. The molecule has 0 radical (unpaired) electrons. The predicted molar refractivity (Wildman–Crippen MR) is 69.0 cm³/mol. The van der Waals surface area contributed by atoms with Crippen molar-refractivity contribution in [3.05, 3.63) is 0 Å². The summed E-state index contributed by atoms with van der Waals surface area (Å²) in [6.07, 6.45) is 0.0155. The van der Waals surface area contributed by atoms with Crippen molar-refractivity contribution in [2.45, 2.75) is 38.8 Å². The molecule has 0 spiro atoms. The number of aliphatic carboxylic acids is 1. The highest BCUT2D eigenvalue weighted by Crippen LogP contribution is 2.38. The molecule has 0 bridgehead atoms. The zero-order valence-electron chi connectivity index (χ0n) is 11.9. The Labute approximate surface area is 117 Å². The summed E-state index contributed by atoms with van der Waals surface area (Å²) in [6, 6.07) is -0.106. The number of nitrogens with zero attached hydrogens (tertiary/aromatic N) is 1. The minimum atomic E-state index is -0.922. The van der Waals surface area contributed by atoms with E-state index >= 15 is 0 Å². The SMILES string of the molecule is CC(C)(C)OC(=O)N1CC(NC(=O)C2CC2C(=O)O)C1. The number of carboxylic acids is 1. The minimum Gasteiger partial charge on any atom is -0.481 e. The van der Waals surface area contributed by atoms with Crippen molar-refractivity contribution in [2.75, 3.05) is 13.1 Å². The Kier molecular flexibility index (Phi) is 3.62. The first-order valence-corrected chi connectivity index (χ1v) is 6.68. The average molecular weight is 284 g/mol. The number of carboxylic acid groups (broad SMARTS) is 1. The summed E-state index contributed by atoms with van der Waals surface area (Å²) >= 11 is 0. The van der Waals surface area contributed by atoms with Crippen LogP contribution in [0.5, 0.6) is 0 Å². The van der Waals surface area contributed by atoms with E-state index < -0.39 is 29.5 Å². The third kappa shape index (κ3) is 3.40. The summed E-state index contributed by atoms with van der Waals surface area (Å²) in [5.74, 6) is -2.11. The first kappa shape index (κ1) is 14.6. The summed E-state index contributed by atoms with van der Waals surface area (Å²) in [7, 11) is 0. The summed E-state index contributed by atoms with van der Waals surface area (Å²) < 4.78 is 5.20. The van der Waals surface area contributed by atoms with E-state index in [-0.39, 0.29) is 11.9 Å². The first-order valence-electron chi connectivity index (χ1n) is 6.68. The Bertz CT molecular complexity index is 437. The third-order valence-electron chi connectivity index (χ3n) is 3.32. The van der Waals surface area contributed by atoms with E-state index in [1.807, 2.05) is 0 Å². The molecule has 112 valence electrons. The summed E-state index contributed by atoms with van der Waals surface area (Å²) in [5, 5.41) is 11.5. The maximum atomic E-state index is 11.7. The maximum Gasteiger partial charge on any atom is 0.410 e. The molecule has 1 aliphatic carbocycles. The smallest absolute Gasteiger partial charge is 0.410 e. The first-order chi connectivity index (χ1) is 9.17. The fourth-order valence-corrected chi connectivity index (χ4v) is 2.11. The summed E-state index contributed by atoms with van der Waals surface area (Å²) in [5.41, 5.74) is -0.534. The lowest BCUT2D eigenvalue weighted by atomic mass is 10.1. The molecule has 7 nitrogen and oxygen atoms in total. The van der Waals surface area contributed by atoms with Gasteiger partial charge in [-0.2, -0.15) is 0 Å². The van der Waals surface area contributed by atoms with Crippen molar-refractivity contribution in [1.82, 2.24) is 10.2 Å². The van der Waals surface area contributed by atoms with Crippen molar-refractivity contribution in [3.8, 4) is 0 Å². The molecule has 7 heteroatoms. The normalized spacial score (nSPS) is 25.6. The molecule has 1 saturated heterocycles. The van der Waals surface area contributed by atoms with Crippen LogP contribution < -0.4 is 5.32 Å². The standard InChI is InChI=1S/C13H20N2O5/c1-13(2,3)20-12(19)15-5-7(6-15)14-10(16)8-4-9(8)11(17)18/h7-9H,4-6H2,1-3H3,(H,14,16)(H,17,18). The molecule has 0 aromatic heterocycles. The van der Waals surface area contributed by atoms with Crippen molar-refractivity contribution in [2.24, 2.45) is 11.8 Å². The lowest BCUT2D eigenvalue weighted by Gasteiger charge is -2.40. The third-order valence-corrected chi connectivity index (χ3v) is 3.32. The molecule has 1 heterocycles. The Morgan fingerprint density at radius 1 is 1.20 bits per heavy atom. The molecule has 2 aliphatic rings. The molecule has 2 amide bonds. The van der Waals surface area contributed by atoms with Gasteiger partial charge in [-0.15, -0.1) is 0 Å². The lowest BCUT2D eigenvalue weighted by molar-refractivity contribution is -0.140. The van der Waals surface area contributed by atoms with Crippen LogP contribution in [0.4, 0.5) is 4.79 Å². The zero-order valence-corrected chi connectivity index (χ0v) is 11.9. The van der Waals surface area contributed by atoms with E-state index in [1.54, 1.807) is 20.8 Å². The number of rotatable bonds is 3. The second-order valence-corrected chi connectivity index (χ2v) is 6.38. The molecule has 20 heavy (non-hydrogen) atoms. The highest BCUT2D eigenvalue weighted by atomic mass is 16.6. The molecule has 2 unspecified atom stereocenters. The van der Waals surface area contributed by atoms with Gasteiger partial charge in [0.15, 0.2) is 0 Å². The number of hydrogen-bond donors (Lipinski definition) is 2. The van der Waals surface area contributed by atoms with E-state index in [4.69, 9.17) is 9.84 Å². The Morgan fingerprint density at radius 3 is 2.25 bits per heavy atom. The van der Waals surface area contributed by atoms with Crippen LogP contribution in [0.1, 0.15) is 27.2 Å². The Hall–Kier alpha value is -1.79. The van der Waals surface area contributed by atoms with Gasteiger partial charge >= 0.3 is 12.1 Å². The van der Waals surface area contributed by atoms with Gasteiger partial charge in [-0.1, -0.05) is 0 Å². The van der Waals surface area contributed by atoms with Gasteiger partial charge in [0, 0.05) is 13.1 Å². The fourth-order valence-electron chi connectivity index (χ4n) is 2.11. The number of carbonyl (C=O) groups excluding carboxylic acids is 2. The van der Waals surface area contributed by atoms with Crippen molar-refractivity contribution >= 4 is 18.0 Å². The molecule has 2 N–H and O–H groups in total. The van der Waals surface area contributed by atoms with Gasteiger partial charge in [-0.3, -0.25) is 9.59 Å². The summed E-state index contributed by atoms with van der Waals surface area (Å²) in [4.78, 5) is 35.6. The fraction of sp³-hybridized carbons (Fsp3) is 0.769. The Balaban J connectivity index is 1.68. The van der Waals surface area contributed by atoms with Crippen molar-refractivity contribution in [3.63, 3.8) is 0 Å². The Morgan fingerprint density at radius 2 is 1.80 bits per heavy atom. The van der Waals surface area contributed by atoms with E-state index in [2.05, 4.69) is 5.32 Å². The number of carbonyl (C=O) groups is 3. The number of likely N-dealkylation sites (tertiary alicyclic amines) is 1. The van der Waals surface area contributed by atoms with E-state index in [0.717, 1.165) is 0 Å². The van der Waals surface area contributed by atoms with Gasteiger partial charge in [0.05, 0.1) is 17.9 Å². The van der Waals surface area contributed by atoms with Crippen molar-refractivity contribution < 1.29 is 24.2 Å². The van der Waals surface area contributed by atoms with E-state index in [1.165, 1.54) is 4.90 Å². The van der Waals surface area contributed by atoms with Crippen LogP contribution >= 0.6 is 0 Å². The number of ether oxygens (including phenoxy) is 1. The highest BCUT2D eigenvalue weighted by molar-refractivity contribution is 5.89. The van der Waals surface area contributed by atoms with Crippen LogP contribution in [-0.2, 0) is 14.3 Å². The van der Waals surface area contributed by atoms with Crippen LogP contribution in [-0.4, -0.2) is 52.7 Å². The molecule has 1 aliphatic heterocycles. The molecule has 2 fully saturated rings.